The zero-order chi connectivity index (χ0) is 32.4. The Labute approximate surface area is 246 Å². The molecule has 0 spiro atoms. The van der Waals surface area contributed by atoms with Crippen molar-refractivity contribution in [1.29, 1.82) is 0 Å². The SMILES string of the molecule is NCc1ccc(COCc2cn([C@H]3C[C@@H](O)[C@@H](COP(=O)(O)OP(=O)(O)OP(=O)(O)O)O3)c3ncnc(N)c23)c([N+](=O)[O-])c1. The predicted octanol–water partition coefficient (Wildman–Crippen LogP) is 1.09. The number of hydrogen-bond donors (Lipinski definition) is 7. The first-order valence-corrected chi connectivity index (χ1v) is 16.8. The molecule has 44 heavy (non-hydrogen) atoms. The van der Waals surface area contributed by atoms with Crippen LogP contribution >= 0.6 is 23.5 Å². The Morgan fingerprint density at radius 2 is 1.80 bits per heavy atom. The summed E-state index contributed by atoms with van der Waals surface area (Å²) in [5, 5.41) is 22.4. The Morgan fingerprint density at radius 3 is 2.45 bits per heavy atom. The number of anilines is 1. The van der Waals surface area contributed by atoms with Crippen LogP contribution in [0.1, 0.15) is 29.3 Å². The van der Waals surface area contributed by atoms with Crippen molar-refractivity contribution >= 4 is 46.0 Å². The summed E-state index contributed by atoms with van der Waals surface area (Å²) in [5.74, 6) is 0.0772. The first-order chi connectivity index (χ1) is 20.5. The van der Waals surface area contributed by atoms with Crippen LogP contribution in [0.3, 0.4) is 0 Å². The molecule has 0 amide bonds. The van der Waals surface area contributed by atoms with Crippen LogP contribution in [-0.4, -0.2) is 63.0 Å². The molecule has 24 heteroatoms. The molecule has 9 N–H and O–H groups in total. The number of hydrogen-bond acceptors (Lipinski definition) is 15. The molecule has 1 aliphatic heterocycles. The number of ether oxygens (including phenoxy) is 2. The summed E-state index contributed by atoms with van der Waals surface area (Å²) in [4.78, 5) is 55.4. The number of aliphatic hydroxyl groups is 1. The van der Waals surface area contributed by atoms with Crippen LogP contribution < -0.4 is 11.5 Å². The van der Waals surface area contributed by atoms with E-state index in [-0.39, 0.29) is 43.3 Å². The minimum absolute atomic E-state index is 0.0772. The maximum atomic E-state index is 12.1. The summed E-state index contributed by atoms with van der Waals surface area (Å²) in [7, 11) is -16.7. The topological polar surface area (TPSA) is 324 Å². The first kappa shape index (κ1) is 34.2. The van der Waals surface area contributed by atoms with Gasteiger partial charge in [-0.1, -0.05) is 6.07 Å². The van der Waals surface area contributed by atoms with Gasteiger partial charge in [0.1, 0.15) is 30.1 Å². The minimum Gasteiger partial charge on any atom is -0.390 e. The standard InChI is InChI=1S/C20H27N6O15P3/c21-5-11-1-2-12(14(3-11)26(28)29)7-37-8-13-6-25(20-18(13)19(22)23-10-24-20)17-4-15(27)16(39-17)9-38-43(33,34)41-44(35,36)40-42(30,31)32/h1-3,6,10,15-17,27H,4-5,7-9,21H2,(H,33,34)(H,35,36)(H2,22,23,24)(H2,30,31,32)/t15-,16-,17-/m1/s1. The van der Waals surface area contributed by atoms with Gasteiger partial charge in [-0.15, -0.1) is 0 Å². The van der Waals surface area contributed by atoms with E-state index in [2.05, 4.69) is 23.1 Å². The molecule has 5 atom stereocenters. The molecule has 0 bridgehead atoms. The molecule has 242 valence electrons. The van der Waals surface area contributed by atoms with Gasteiger partial charge in [0, 0.05) is 30.8 Å². The molecule has 1 saturated heterocycles. The molecule has 1 aliphatic rings. The van der Waals surface area contributed by atoms with Crippen molar-refractivity contribution in [2.75, 3.05) is 12.3 Å². The minimum atomic E-state index is -5.73. The number of aromatic nitrogens is 3. The van der Waals surface area contributed by atoms with Gasteiger partial charge in [-0.25, -0.2) is 23.7 Å². The van der Waals surface area contributed by atoms with Gasteiger partial charge < -0.3 is 50.2 Å². The Morgan fingerprint density at radius 1 is 1.09 bits per heavy atom. The molecule has 0 aliphatic carbocycles. The number of nitro benzene ring substituents is 1. The number of benzene rings is 1. The van der Waals surface area contributed by atoms with Gasteiger partial charge in [0.05, 0.1) is 41.8 Å². The molecule has 1 fully saturated rings. The van der Waals surface area contributed by atoms with Crippen LogP contribution in [0.5, 0.6) is 0 Å². The van der Waals surface area contributed by atoms with Gasteiger partial charge in [0.15, 0.2) is 0 Å². The highest BCUT2D eigenvalue weighted by Crippen LogP contribution is 2.66. The Kier molecular flexibility index (Phi) is 10.4. The number of aliphatic hydroxyl groups excluding tert-OH is 1. The second kappa shape index (κ2) is 13.3. The van der Waals surface area contributed by atoms with Gasteiger partial charge >= 0.3 is 23.5 Å². The van der Waals surface area contributed by atoms with Crippen molar-refractivity contribution in [3.8, 4) is 0 Å². The fraction of sp³-hybridized carbons (Fsp3) is 0.400. The quantitative estimate of drug-likeness (QED) is 0.0709. The van der Waals surface area contributed by atoms with Gasteiger partial charge in [-0.3, -0.25) is 14.6 Å². The van der Waals surface area contributed by atoms with Gasteiger partial charge in [-0.2, -0.15) is 8.62 Å². The van der Waals surface area contributed by atoms with Crippen LogP contribution in [0.15, 0.2) is 30.7 Å². The Hall–Kier alpha value is -2.71. The smallest absolute Gasteiger partial charge is 0.390 e. The third kappa shape index (κ3) is 8.51. The van der Waals surface area contributed by atoms with Crippen LogP contribution in [0.4, 0.5) is 11.5 Å². The van der Waals surface area contributed by atoms with Gasteiger partial charge in [0.25, 0.3) is 5.69 Å². The second-order valence-corrected chi connectivity index (χ2v) is 13.7. The summed E-state index contributed by atoms with van der Waals surface area (Å²) in [6.07, 6.45) is -0.921. The number of phosphoric ester groups is 1. The van der Waals surface area contributed by atoms with E-state index in [0.717, 1.165) is 0 Å². The van der Waals surface area contributed by atoms with Crippen molar-refractivity contribution in [1.82, 2.24) is 14.5 Å². The molecule has 3 heterocycles. The molecular formula is C20H27N6O15P3. The van der Waals surface area contributed by atoms with Gasteiger partial charge in [0.2, 0.25) is 0 Å². The van der Waals surface area contributed by atoms with E-state index in [9.17, 15) is 38.7 Å². The highest BCUT2D eigenvalue weighted by atomic mass is 31.3. The summed E-state index contributed by atoms with van der Waals surface area (Å²) in [5.41, 5.74) is 13.1. The van der Waals surface area contributed by atoms with E-state index >= 15 is 0 Å². The lowest BCUT2D eigenvalue weighted by Crippen LogP contribution is -2.26. The highest BCUT2D eigenvalue weighted by Gasteiger charge is 2.43. The van der Waals surface area contributed by atoms with Crippen molar-refractivity contribution in [2.24, 2.45) is 5.73 Å². The number of nitrogens with two attached hydrogens (primary N) is 2. The Balaban J connectivity index is 1.46. The average molecular weight is 684 g/mol. The molecular weight excluding hydrogens is 657 g/mol. The predicted molar refractivity (Wildman–Crippen MR) is 146 cm³/mol. The lowest BCUT2D eigenvalue weighted by molar-refractivity contribution is -0.386. The fourth-order valence-corrected chi connectivity index (χ4v) is 7.35. The molecule has 2 unspecified atom stereocenters. The maximum absolute atomic E-state index is 12.1. The van der Waals surface area contributed by atoms with Crippen molar-refractivity contribution in [3.63, 3.8) is 0 Å². The van der Waals surface area contributed by atoms with Crippen LogP contribution in [-0.2, 0) is 56.1 Å². The number of fused-ring (bicyclic) bond motifs is 1. The molecule has 1 aromatic carbocycles. The molecule has 0 radical (unpaired) electrons. The highest BCUT2D eigenvalue weighted by molar-refractivity contribution is 7.66. The third-order valence-corrected chi connectivity index (χ3v) is 9.95. The normalized spacial score (nSPS) is 21.7. The van der Waals surface area contributed by atoms with Gasteiger partial charge in [-0.05, 0) is 11.6 Å². The summed E-state index contributed by atoms with van der Waals surface area (Å²) >= 11 is 0. The Bertz CT molecular complexity index is 1680. The molecule has 0 saturated carbocycles. The second-order valence-electron chi connectivity index (χ2n) is 9.26. The van der Waals surface area contributed by atoms with Crippen LogP contribution in [0.2, 0.25) is 0 Å². The van der Waals surface area contributed by atoms with E-state index in [4.69, 9.17) is 30.7 Å². The summed E-state index contributed by atoms with van der Waals surface area (Å²) in [6.45, 7) is -0.975. The molecule has 3 aromatic rings. The van der Waals surface area contributed by atoms with E-state index in [0.29, 0.717) is 22.1 Å². The van der Waals surface area contributed by atoms with E-state index in [1.807, 2.05) is 0 Å². The molecule has 21 nitrogen and oxygen atoms in total. The number of rotatable bonds is 14. The number of phosphoric acid groups is 3. The van der Waals surface area contributed by atoms with Crippen molar-refractivity contribution < 1.29 is 65.9 Å². The first-order valence-electron chi connectivity index (χ1n) is 12.2. The average Bonchev–Trinajstić information content (AvgIpc) is 3.46. The number of nitrogens with zero attached hydrogens (tertiary/aromatic N) is 4. The molecule has 2 aromatic heterocycles. The summed E-state index contributed by atoms with van der Waals surface area (Å²) < 4.78 is 59.2. The lowest BCUT2D eigenvalue weighted by atomic mass is 10.1. The van der Waals surface area contributed by atoms with Crippen molar-refractivity contribution in [2.45, 2.75) is 44.6 Å². The maximum Gasteiger partial charge on any atom is 0.490 e. The lowest BCUT2D eigenvalue weighted by Gasteiger charge is -2.19. The fourth-order valence-electron chi connectivity index (χ4n) is 4.32. The molecule has 4 rings (SSSR count). The van der Waals surface area contributed by atoms with E-state index < -0.39 is 53.4 Å². The zero-order valence-electron chi connectivity index (χ0n) is 22.3. The van der Waals surface area contributed by atoms with Crippen LogP contribution in [0, 0.1) is 10.1 Å². The number of nitro groups is 1. The monoisotopic (exact) mass is 684 g/mol. The van der Waals surface area contributed by atoms with Crippen molar-refractivity contribution in [3.05, 3.63) is 57.5 Å². The number of nitrogen functional groups attached to an aromatic ring is 1. The summed E-state index contributed by atoms with van der Waals surface area (Å²) in [6, 6.07) is 4.55. The van der Waals surface area contributed by atoms with E-state index in [1.165, 1.54) is 23.0 Å². The third-order valence-electron chi connectivity index (χ3n) is 6.15. The van der Waals surface area contributed by atoms with E-state index in [1.54, 1.807) is 12.3 Å². The zero-order valence-corrected chi connectivity index (χ0v) is 24.9. The van der Waals surface area contributed by atoms with Crippen LogP contribution in [0.25, 0.3) is 11.0 Å². The largest absolute Gasteiger partial charge is 0.490 e.